The summed E-state index contributed by atoms with van der Waals surface area (Å²) in [5.74, 6) is 0.817. The number of hydrogen-bond acceptors (Lipinski definition) is 3. The van der Waals surface area contributed by atoms with E-state index in [9.17, 15) is 0 Å². The number of ether oxygens (including phenoxy) is 1. The van der Waals surface area contributed by atoms with E-state index in [-0.39, 0.29) is 11.8 Å². The van der Waals surface area contributed by atoms with Gasteiger partial charge in [0.1, 0.15) is 5.76 Å². The fraction of sp³-hybridized carbons (Fsp3) is 0.556. The first-order valence-electron chi connectivity index (χ1n) is 4.21. The molecule has 0 aromatic carbocycles. The highest BCUT2D eigenvalue weighted by Gasteiger charge is 2.33. The van der Waals surface area contributed by atoms with E-state index in [4.69, 9.17) is 9.15 Å². The highest BCUT2D eigenvalue weighted by atomic mass is 79.9. The summed E-state index contributed by atoms with van der Waals surface area (Å²) in [6.07, 6.45) is -0.110. The van der Waals surface area contributed by atoms with Gasteiger partial charge in [0.25, 0.3) is 0 Å². The van der Waals surface area contributed by atoms with Crippen LogP contribution >= 0.6 is 15.9 Å². The van der Waals surface area contributed by atoms with Crippen molar-refractivity contribution in [1.29, 1.82) is 0 Å². The molecule has 2 heterocycles. The molecule has 72 valence electrons. The van der Waals surface area contributed by atoms with E-state index in [1.807, 2.05) is 12.1 Å². The minimum Gasteiger partial charge on any atom is -0.450 e. The van der Waals surface area contributed by atoms with E-state index >= 15 is 0 Å². The maximum absolute atomic E-state index is 5.54. The van der Waals surface area contributed by atoms with E-state index in [1.54, 1.807) is 0 Å². The van der Waals surface area contributed by atoms with Crippen LogP contribution in [0.1, 0.15) is 25.8 Å². The molecule has 1 N–H and O–H groups in total. The Balaban J connectivity index is 2.12. The van der Waals surface area contributed by atoms with Crippen molar-refractivity contribution in [2.75, 3.05) is 6.61 Å². The molecule has 1 fully saturated rings. The Morgan fingerprint density at radius 3 is 2.77 bits per heavy atom. The van der Waals surface area contributed by atoms with Crippen molar-refractivity contribution < 1.29 is 9.15 Å². The lowest BCUT2D eigenvalue weighted by Gasteiger charge is -2.15. The fourth-order valence-corrected chi connectivity index (χ4v) is 1.67. The van der Waals surface area contributed by atoms with Gasteiger partial charge in [0, 0.05) is 5.54 Å². The van der Waals surface area contributed by atoms with Crippen LogP contribution in [0.25, 0.3) is 0 Å². The van der Waals surface area contributed by atoms with Crippen molar-refractivity contribution in [2.45, 2.75) is 25.6 Å². The predicted octanol–water partition coefficient (Wildman–Crippen LogP) is 2.44. The van der Waals surface area contributed by atoms with E-state index < -0.39 is 0 Å². The zero-order valence-corrected chi connectivity index (χ0v) is 9.22. The van der Waals surface area contributed by atoms with E-state index in [0.29, 0.717) is 6.61 Å². The first-order chi connectivity index (χ1) is 6.07. The normalized spacial score (nSPS) is 26.5. The summed E-state index contributed by atoms with van der Waals surface area (Å²) in [7, 11) is 0. The molecule has 1 aliphatic heterocycles. The van der Waals surface area contributed by atoms with Gasteiger partial charge in [-0.05, 0) is 41.9 Å². The van der Waals surface area contributed by atoms with Gasteiger partial charge in [-0.3, -0.25) is 5.32 Å². The first kappa shape index (κ1) is 9.24. The molecule has 1 aromatic heterocycles. The Hall–Kier alpha value is -0.320. The summed E-state index contributed by atoms with van der Waals surface area (Å²) in [5.41, 5.74) is 0.0317. The second-order valence-electron chi connectivity index (χ2n) is 3.86. The van der Waals surface area contributed by atoms with Crippen LogP contribution in [0.3, 0.4) is 0 Å². The van der Waals surface area contributed by atoms with Gasteiger partial charge in [0.05, 0.1) is 6.61 Å². The standard InChI is InChI=1S/C9H12BrNO2/c1-9(2)5-12-8(11-9)6-3-4-7(10)13-6/h3-4,8,11H,5H2,1-2H3. The van der Waals surface area contributed by atoms with E-state index in [1.165, 1.54) is 0 Å². The van der Waals surface area contributed by atoms with Gasteiger partial charge < -0.3 is 9.15 Å². The molecule has 1 atom stereocenters. The second-order valence-corrected chi connectivity index (χ2v) is 4.64. The molecule has 0 bridgehead atoms. The fourth-order valence-electron chi connectivity index (χ4n) is 1.35. The Bertz CT molecular complexity index is 308. The molecule has 0 spiro atoms. The van der Waals surface area contributed by atoms with Crippen molar-refractivity contribution in [3.05, 3.63) is 22.6 Å². The third kappa shape index (κ3) is 1.95. The molecule has 1 aliphatic rings. The molecule has 0 aliphatic carbocycles. The van der Waals surface area contributed by atoms with Gasteiger partial charge in [-0.25, -0.2) is 0 Å². The minimum atomic E-state index is -0.110. The molecular weight excluding hydrogens is 234 g/mol. The number of hydrogen-bond donors (Lipinski definition) is 1. The summed E-state index contributed by atoms with van der Waals surface area (Å²) in [6, 6.07) is 3.77. The first-order valence-corrected chi connectivity index (χ1v) is 5.01. The van der Waals surface area contributed by atoms with Crippen LogP contribution in [-0.2, 0) is 4.74 Å². The van der Waals surface area contributed by atoms with Crippen LogP contribution in [0.2, 0.25) is 0 Å². The highest BCUT2D eigenvalue weighted by Crippen LogP contribution is 2.28. The van der Waals surface area contributed by atoms with Gasteiger partial charge in [-0.2, -0.15) is 0 Å². The van der Waals surface area contributed by atoms with Gasteiger partial charge in [0.2, 0.25) is 0 Å². The molecule has 1 aromatic rings. The minimum absolute atomic E-state index is 0.0317. The Morgan fingerprint density at radius 2 is 2.31 bits per heavy atom. The lowest BCUT2D eigenvalue weighted by molar-refractivity contribution is 0.0805. The van der Waals surface area contributed by atoms with E-state index in [0.717, 1.165) is 10.4 Å². The van der Waals surface area contributed by atoms with Gasteiger partial charge in [0.15, 0.2) is 10.9 Å². The Labute approximate surface area is 85.6 Å². The van der Waals surface area contributed by atoms with Crippen molar-refractivity contribution in [1.82, 2.24) is 5.32 Å². The highest BCUT2D eigenvalue weighted by molar-refractivity contribution is 9.10. The van der Waals surface area contributed by atoms with Crippen LogP contribution in [0, 0.1) is 0 Å². The van der Waals surface area contributed by atoms with Crippen molar-refractivity contribution in [2.24, 2.45) is 0 Å². The average molecular weight is 246 g/mol. The molecule has 4 heteroatoms. The third-order valence-corrected chi connectivity index (χ3v) is 2.41. The van der Waals surface area contributed by atoms with Gasteiger partial charge in [-0.15, -0.1) is 0 Å². The van der Waals surface area contributed by atoms with Crippen molar-refractivity contribution >= 4 is 15.9 Å². The summed E-state index contributed by atoms with van der Waals surface area (Å²) >= 11 is 3.26. The topological polar surface area (TPSA) is 34.4 Å². The van der Waals surface area contributed by atoms with Gasteiger partial charge in [-0.1, -0.05) is 0 Å². The average Bonchev–Trinajstić information content (AvgIpc) is 2.56. The smallest absolute Gasteiger partial charge is 0.169 e. The second kappa shape index (κ2) is 3.12. The predicted molar refractivity (Wildman–Crippen MR) is 52.3 cm³/mol. The SMILES string of the molecule is CC1(C)COC(c2ccc(Br)o2)N1. The van der Waals surface area contributed by atoms with E-state index in [2.05, 4.69) is 35.1 Å². The van der Waals surface area contributed by atoms with Crippen LogP contribution in [0.5, 0.6) is 0 Å². The van der Waals surface area contributed by atoms with Crippen molar-refractivity contribution in [3.63, 3.8) is 0 Å². The third-order valence-electron chi connectivity index (χ3n) is 1.99. The molecule has 3 nitrogen and oxygen atoms in total. The lowest BCUT2D eigenvalue weighted by Crippen LogP contribution is -2.35. The molecule has 0 amide bonds. The zero-order chi connectivity index (χ0) is 9.47. The molecular formula is C9H12BrNO2. The van der Waals surface area contributed by atoms with Crippen LogP contribution in [-0.4, -0.2) is 12.1 Å². The molecule has 0 saturated carbocycles. The molecule has 1 saturated heterocycles. The maximum Gasteiger partial charge on any atom is 0.169 e. The summed E-state index contributed by atoms with van der Waals surface area (Å²) < 4.78 is 11.7. The Morgan fingerprint density at radius 1 is 1.54 bits per heavy atom. The molecule has 2 rings (SSSR count). The van der Waals surface area contributed by atoms with Gasteiger partial charge >= 0.3 is 0 Å². The number of halogens is 1. The quantitative estimate of drug-likeness (QED) is 0.826. The number of furan rings is 1. The number of rotatable bonds is 1. The molecule has 0 radical (unpaired) electrons. The largest absolute Gasteiger partial charge is 0.450 e. The molecule has 1 unspecified atom stereocenters. The van der Waals surface area contributed by atoms with Crippen molar-refractivity contribution in [3.8, 4) is 0 Å². The summed E-state index contributed by atoms with van der Waals surface area (Å²) in [5, 5.41) is 3.32. The Kier molecular flexibility index (Phi) is 2.21. The maximum atomic E-state index is 5.54. The van der Waals surface area contributed by atoms with Crippen LogP contribution < -0.4 is 5.32 Å². The van der Waals surface area contributed by atoms with Crippen LogP contribution in [0.15, 0.2) is 21.2 Å². The monoisotopic (exact) mass is 245 g/mol. The lowest BCUT2D eigenvalue weighted by atomic mass is 10.1. The zero-order valence-electron chi connectivity index (χ0n) is 7.63. The van der Waals surface area contributed by atoms with Crippen LogP contribution in [0.4, 0.5) is 0 Å². The summed E-state index contributed by atoms with van der Waals surface area (Å²) in [6.45, 7) is 4.91. The number of nitrogens with one attached hydrogen (secondary N) is 1. The summed E-state index contributed by atoms with van der Waals surface area (Å²) in [4.78, 5) is 0. The molecule has 13 heavy (non-hydrogen) atoms.